The van der Waals surface area contributed by atoms with Crippen LogP contribution >= 0.6 is 0 Å². The van der Waals surface area contributed by atoms with Gasteiger partial charge in [-0.05, 0) is 67.1 Å². The zero-order valence-corrected chi connectivity index (χ0v) is 20.9. The molecule has 194 valence electrons. The Hall–Kier alpha value is -3.88. The first-order valence-corrected chi connectivity index (χ1v) is 13.1. The number of nitrogens with zero attached hydrogens (tertiary/aromatic N) is 2. The number of anilines is 1. The van der Waals surface area contributed by atoms with Gasteiger partial charge >= 0.3 is 0 Å². The second kappa shape index (κ2) is 9.45. The molecule has 4 amide bonds. The molecule has 1 aliphatic carbocycles. The van der Waals surface area contributed by atoms with E-state index in [1.807, 2.05) is 0 Å². The van der Waals surface area contributed by atoms with E-state index in [2.05, 4.69) is 0 Å². The first-order chi connectivity index (χ1) is 18.5. The van der Waals surface area contributed by atoms with E-state index < -0.39 is 29.7 Å². The monoisotopic (exact) mass is 512 g/mol. The third-order valence-corrected chi connectivity index (χ3v) is 8.23. The highest BCUT2D eigenvalue weighted by atomic mass is 16.3. The summed E-state index contributed by atoms with van der Waals surface area (Å²) in [6.07, 6.45) is 5.27. The van der Waals surface area contributed by atoms with Crippen molar-refractivity contribution in [2.45, 2.75) is 44.6 Å². The molecule has 8 heteroatoms. The minimum atomic E-state index is -0.613. The Morgan fingerprint density at radius 1 is 0.684 bits per heavy atom. The van der Waals surface area contributed by atoms with Gasteiger partial charge < -0.3 is 10.2 Å². The fourth-order valence-corrected chi connectivity index (χ4v) is 6.33. The van der Waals surface area contributed by atoms with Crippen LogP contribution in [0.2, 0.25) is 0 Å². The van der Waals surface area contributed by atoms with Gasteiger partial charge in [0.25, 0.3) is 23.6 Å². The van der Waals surface area contributed by atoms with E-state index in [0.717, 1.165) is 42.6 Å². The van der Waals surface area contributed by atoms with Crippen LogP contribution in [0.1, 0.15) is 79.1 Å². The van der Waals surface area contributed by atoms with Gasteiger partial charge in [0.2, 0.25) is 0 Å². The van der Waals surface area contributed by atoms with Crippen LogP contribution < -0.4 is 4.90 Å². The Morgan fingerprint density at radius 3 is 1.66 bits per heavy atom. The molecule has 8 nitrogen and oxygen atoms in total. The lowest BCUT2D eigenvalue weighted by Crippen LogP contribution is -2.52. The lowest BCUT2D eigenvalue weighted by atomic mass is 9.81. The van der Waals surface area contributed by atoms with Gasteiger partial charge in [-0.1, -0.05) is 31.4 Å². The summed E-state index contributed by atoms with van der Waals surface area (Å²) in [5.41, 5.74) is 2.30. The van der Waals surface area contributed by atoms with Gasteiger partial charge in [0.1, 0.15) is 0 Å². The number of carbonyl (C=O) groups is 4. The number of aliphatic hydroxyl groups is 2. The molecule has 1 saturated carbocycles. The summed E-state index contributed by atoms with van der Waals surface area (Å²) in [6.45, 7) is -0.310. The Bertz CT molecular complexity index is 1420. The number of carbonyl (C=O) groups excluding carboxylic acids is 4. The molecule has 3 aromatic rings. The summed E-state index contributed by atoms with van der Waals surface area (Å²) >= 11 is 0. The number of rotatable bonds is 6. The van der Waals surface area contributed by atoms with Crippen molar-refractivity contribution >= 4 is 40.1 Å². The molecule has 3 aromatic carbocycles. The smallest absolute Gasteiger partial charge is 0.265 e. The predicted molar refractivity (Wildman–Crippen MR) is 140 cm³/mol. The Kier molecular flexibility index (Phi) is 6.08. The number of hydrogen-bond donors (Lipinski definition) is 2. The van der Waals surface area contributed by atoms with Crippen molar-refractivity contribution in [3.63, 3.8) is 0 Å². The fourth-order valence-electron chi connectivity index (χ4n) is 6.33. The highest BCUT2D eigenvalue weighted by Crippen LogP contribution is 2.40. The van der Waals surface area contributed by atoms with E-state index >= 15 is 0 Å². The Labute approximate surface area is 219 Å². The first kappa shape index (κ1) is 24.5. The van der Waals surface area contributed by atoms with Crippen LogP contribution in [0, 0.1) is 5.92 Å². The van der Waals surface area contributed by atoms with Gasteiger partial charge in [-0.2, -0.15) is 0 Å². The average molecular weight is 513 g/mol. The molecule has 3 aliphatic rings. The normalized spacial score (nSPS) is 18.5. The molecule has 0 bridgehead atoms. The lowest BCUT2D eigenvalue weighted by Gasteiger charge is -2.39. The molecule has 0 aromatic heterocycles. The van der Waals surface area contributed by atoms with E-state index in [4.69, 9.17) is 5.11 Å². The van der Waals surface area contributed by atoms with Crippen molar-refractivity contribution in [1.29, 1.82) is 0 Å². The molecule has 2 heterocycles. The maximum atomic E-state index is 13.7. The van der Waals surface area contributed by atoms with Gasteiger partial charge in [-0.3, -0.25) is 24.1 Å². The molecule has 2 aliphatic heterocycles. The van der Waals surface area contributed by atoms with Crippen molar-refractivity contribution in [2.24, 2.45) is 5.92 Å². The average Bonchev–Trinajstić information content (AvgIpc) is 2.94. The number of amides is 4. The molecule has 6 rings (SSSR count). The predicted octanol–water partition coefficient (Wildman–Crippen LogP) is 3.71. The quantitative estimate of drug-likeness (QED) is 0.487. The van der Waals surface area contributed by atoms with Crippen molar-refractivity contribution in [3.05, 3.63) is 76.3 Å². The highest BCUT2D eigenvalue weighted by molar-refractivity contribution is 6.39. The summed E-state index contributed by atoms with van der Waals surface area (Å²) in [5.74, 6) is -2.02. The first-order valence-electron chi connectivity index (χ1n) is 13.1. The number of benzene rings is 3. The summed E-state index contributed by atoms with van der Waals surface area (Å²) in [6, 6.07) is 12.4. The van der Waals surface area contributed by atoms with E-state index in [0.29, 0.717) is 22.9 Å². The highest BCUT2D eigenvalue weighted by Gasteiger charge is 2.43. The van der Waals surface area contributed by atoms with Gasteiger partial charge in [-0.25, -0.2) is 4.90 Å². The minimum absolute atomic E-state index is 0.00443. The zero-order valence-electron chi connectivity index (χ0n) is 20.9. The molecule has 38 heavy (non-hydrogen) atoms. The van der Waals surface area contributed by atoms with E-state index in [-0.39, 0.29) is 41.4 Å². The van der Waals surface area contributed by atoms with Crippen molar-refractivity contribution in [2.75, 3.05) is 18.1 Å². The third kappa shape index (κ3) is 3.59. The summed E-state index contributed by atoms with van der Waals surface area (Å²) in [7, 11) is 0. The van der Waals surface area contributed by atoms with E-state index in [9.17, 15) is 24.3 Å². The Balaban J connectivity index is 1.44. The summed E-state index contributed by atoms with van der Waals surface area (Å²) < 4.78 is 0. The molecular weight excluding hydrogens is 484 g/mol. The molecule has 0 radical (unpaired) electrons. The summed E-state index contributed by atoms with van der Waals surface area (Å²) in [4.78, 5) is 56.9. The van der Waals surface area contributed by atoms with E-state index in [1.54, 1.807) is 48.5 Å². The van der Waals surface area contributed by atoms with Crippen molar-refractivity contribution < 1.29 is 29.4 Å². The molecule has 2 N–H and O–H groups in total. The van der Waals surface area contributed by atoms with Crippen molar-refractivity contribution in [1.82, 2.24) is 4.90 Å². The maximum absolute atomic E-state index is 13.7. The molecule has 1 atom stereocenters. The van der Waals surface area contributed by atoms with Gasteiger partial charge in [0, 0.05) is 39.6 Å². The van der Waals surface area contributed by atoms with Crippen LogP contribution in [0.5, 0.6) is 0 Å². The molecule has 0 saturated heterocycles. The van der Waals surface area contributed by atoms with Crippen LogP contribution in [0.4, 0.5) is 5.69 Å². The molecular formula is C30H28N2O6. The SMILES string of the molecule is O=C1c2ccc3c4c(ccc(c24)C(=O)N1c1ccc(CCO)cc1)C(=O)N(C(CO)C1CCCCC1)C3=O. The van der Waals surface area contributed by atoms with Crippen LogP contribution in [0.25, 0.3) is 10.8 Å². The van der Waals surface area contributed by atoms with Crippen LogP contribution in [-0.4, -0.2) is 58.0 Å². The van der Waals surface area contributed by atoms with Crippen LogP contribution in [0.3, 0.4) is 0 Å². The topological polar surface area (TPSA) is 115 Å². The third-order valence-electron chi connectivity index (χ3n) is 8.23. The second-order valence-corrected chi connectivity index (χ2v) is 10.3. The second-order valence-electron chi connectivity index (χ2n) is 10.3. The number of aliphatic hydroxyl groups excluding tert-OH is 2. The van der Waals surface area contributed by atoms with E-state index in [1.165, 1.54) is 4.90 Å². The fraction of sp³-hybridized carbons (Fsp3) is 0.333. The minimum Gasteiger partial charge on any atom is -0.396 e. The number of imide groups is 2. The van der Waals surface area contributed by atoms with Gasteiger partial charge in [-0.15, -0.1) is 0 Å². The summed E-state index contributed by atoms with van der Waals surface area (Å²) in [5, 5.41) is 20.1. The van der Waals surface area contributed by atoms with Crippen molar-refractivity contribution in [3.8, 4) is 0 Å². The lowest BCUT2D eigenvalue weighted by molar-refractivity contribution is 0.0341. The largest absolute Gasteiger partial charge is 0.396 e. The Morgan fingerprint density at radius 2 is 1.18 bits per heavy atom. The maximum Gasteiger partial charge on any atom is 0.265 e. The molecule has 1 fully saturated rings. The standard InChI is InChI=1S/C30H28N2O6/c33-15-14-17-6-8-19(9-7-17)31-27(35)20-10-12-22-26-23(13-11-21(25(20)26)28(31)36)30(38)32(29(22)37)24(16-34)18-4-2-1-3-5-18/h6-13,18,24,33-34H,1-5,14-16H2. The number of hydrogen-bond acceptors (Lipinski definition) is 6. The van der Waals surface area contributed by atoms with Crippen LogP contribution in [-0.2, 0) is 6.42 Å². The zero-order chi connectivity index (χ0) is 26.6. The van der Waals surface area contributed by atoms with Gasteiger partial charge in [0.15, 0.2) is 0 Å². The molecule has 0 spiro atoms. The van der Waals surface area contributed by atoms with Gasteiger partial charge in [0.05, 0.1) is 18.3 Å². The molecule has 1 unspecified atom stereocenters. The van der Waals surface area contributed by atoms with Crippen LogP contribution in [0.15, 0.2) is 48.5 Å².